The van der Waals surface area contributed by atoms with Gasteiger partial charge in [0.15, 0.2) is 0 Å². The molecule has 0 bridgehead atoms. The maximum Gasteiger partial charge on any atom is 0.292 e. The van der Waals surface area contributed by atoms with E-state index in [1.54, 1.807) is 6.07 Å². The highest BCUT2D eigenvalue weighted by molar-refractivity contribution is 5.69. The number of aliphatic hydroxyl groups is 1. The average molecular weight is 279 g/mol. The van der Waals surface area contributed by atoms with Gasteiger partial charge in [0.2, 0.25) is 0 Å². The minimum absolute atomic E-state index is 0.0760. The van der Waals surface area contributed by atoms with Gasteiger partial charge in [-0.25, -0.2) is 0 Å². The van der Waals surface area contributed by atoms with E-state index in [9.17, 15) is 10.1 Å². The molecule has 0 unspecified atom stereocenters. The number of benzene rings is 1. The third-order valence-electron chi connectivity index (χ3n) is 3.55. The molecule has 0 aromatic heterocycles. The maximum absolute atomic E-state index is 11.0. The van der Waals surface area contributed by atoms with Crippen LogP contribution in [-0.2, 0) is 0 Å². The predicted molar refractivity (Wildman–Crippen MR) is 79.4 cm³/mol. The van der Waals surface area contributed by atoms with Gasteiger partial charge in [-0.05, 0) is 37.8 Å². The summed E-state index contributed by atoms with van der Waals surface area (Å²) in [5.74, 6) is 0. The van der Waals surface area contributed by atoms with Crippen LogP contribution in [0.15, 0.2) is 18.2 Å². The zero-order valence-corrected chi connectivity index (χ0v) is 11.5. The van der Waals surface area contributed by atoms with Gasteiger partial charge in [0, 0.05) is 38.0 Å². The smallest absolute Gasteiger partial charge is 0.292 e. The normalized spacial score (nSPS) is 15.2. The van der Waals surface area contributed by atoms with E-state index in [1.807, 2.05) is 12.1 Å². The van der Waals surface area contributed by atoms with Gasteiger partial charge in [0.1, 0.15) is 5.69 Å². The lowest BCUT2D eigenvalue weighted by Crippen LogP contribution is -2.29. The molecule has 0 atom stereocenters. The van der Waals surface area contributed by atoms with Gasteiger partial charge >= 0.3 is 0 Å². The molecule has 0 spiro atoms. The third kappa shape index (κ3) is 3.60. The third-order valence-corrected chi connectivity index (χ3v) is 3.55. The Morgan fingerprint density at radius 1 is 1.30 bits per heavy atom. The molecule has 20 heavy (non-hydrogen) atoms. The van der Waals surface area contributed by atoms with Gasteiger partial charge in [0.25, 0.3) is 5.69 Å². The van der Waals surface area contributed by atoms with Gasteiger partial charge in [-0.15, -0.1) is 0 Å². The van der Waals surface area contributed by atoms with Crippen LogP contribution in [0, 0.1) is 10.1 Å². The van der Waals surface area contributed by atoms with Crippen molar-refractivity contribution in [3.63, 3.8) is 0 Å². The lowest BCUT2D eigenvalue weighted by atomic mass is 10.1. The van der Waals surface area contributed by atoms with Crippen LogP contribution in [0.5, 0.6) is 0 Å². The molecule has 1 aliphatic rings. The second-order valence-electron chi connectivity index (χ2n) is 5.01. The van der Waals surface area contributed by atoms with E-state index in [0.717, 1.165) is 18.8 Å². The molecule has 1 heterocycles. The largest absolute Gasteiger partial charge is 0.396 e. The maximum atomic E-state index is 11.0. The van der Waals surface area contributed by atoms with Crippen molar-refractivity contribution in [2.45, 2.75) is 25.7 Å². The van der Waals surface area contributed by atoms with E-state index < -0.39 is 0 Å². The SMILES string of the molecule is O=[N+]([O-])c1ccc(N2CCCCC2)cc1NCCCO. The molecule has 110 valence electrons. The summed E-state index contributed by atoms with van der Waals surface area (Å²) < 4.78 is 0. The second kappa shape index (κ2) is 7.09. The number of hydrogen-bond acceptors (Lipinski definition) is 5. The molecule has 1 saturated heterocycles. The monoisotopic (exact) mass is 279 g/mol. The number of nitrogens with zero attached hydrogens (tertiary/aromatic N) is 2. The molecule has 1 aromatic rings. The first-order chi connectivity index (χ1) is 9.72. The first kappa shape index (κ1) is 14.6. The average Bonchev–Trinajstić information content (AvgIpc) is 2.48. The van der Waals surface area contributed by atoms with Crippen molar-refractivity contribution in [2.75, 3.05) is 36.5 Å². The lowest BCUT2D eigenvalue weighted by Gasteiger charge is -2.29. The Morgan fingerprint density at radius 3 is 2.70 bits per heavy atom. The summed E-state index contributed by atoms with van der Waals surface area (Å²) in [7, 11) is 0. The Morgan fingerprint density at radius 2 is 2.05 bits per heavy atom. The standard InChI is InChI=1S/C14H21N3O3/c18-10-4-7-15-13-11-12(5-6-14(13)17(19)20)16-8-2-1-3-9-16/h5-6,11,15,18H,1-4,7-10H2. The summed E-state index contributed by atoms with van der Waals surface area (Å²) in [6.07, 6.45) is 4.17. The fraction of sp³-hybridized carbons (Fsp3) is 0.571. The Kier molecular flexibility index (Phi) is 5.17. The molecule has 0 radical (unpaired) electrons. The van der Waals surface area contributed by atoms with E-state index in [4.69, 9.17) is 5.11 Å². The van der Waals surface area contributed by atoms with Gasteiger partial charge in [-0.2, -0.15) is 0 Å². The quantitative estimate of drug-likeness (QED) is 0.475. The van der Waals surface area contributed by atoms with Crippen molar-refractivity contribution in [1.29, 1.82) is 0 Å². The highest BCUT2D eigenvalue weighted by Gasteiger charge is 2.17. The van der Waals surface area contributed by atoms with Crippen molar-refractivity contribution in [3.8, 4) is 0 Å². The predicted octanol–water partition coefficient (Wildman–Crippen LogP) is 2.38. The first-order valence-corrected chi connectivity index (χ1v) is 7.10. The molecule has 6 nitrogen and oxygen atoms in total. The van der Waals surface area contributed by atoms with E-state index in [-0.39, 0.29) is 17.2 Å². The number of nitro benzene ring substituents is 1. The van der Waals surface area contributed by atoms with Crippen LogP contribution in [0.2, 0.25) is 0 Å². The summed E-state index contributed by atoms with van der Waals surface area (Å²) in [5.41, 5.74) is 1.65. The van der Waals surface area contributed by atoms with E-state index in [0.29, 0.717) is 18.7 Å². The number of piperidine rings is 1. The molecule has 0 saturated carbocycles. The Labute approximate surface area is 118 Å². The van der Waals surface area contributed by atoms with Gasteiger partial charge < -0.3 is 15.3 Å². The minimum atomic E-state index is -0.374. The van der Waals surface area contributed by atoms with E-state index >= 15 is 0 Å². The molecular weight excluding hydrogens is 258 g/mol. The number of nitro groups is 1. The first-order valence-electron chi connectivity index (χ1n) is 7.10. The number of nitrogens with one attached hydrogen (secondary N) is 1. The zero-order valence-electron chi connectivity index (χ0n) is 11.5. The van der Waals surface area contributed by atoms with Crippen LogP contribution >= 0.6 is 0 Å². The molecular formula is C14H21N3O3. The molecule has 6 heteroatoms. The summed E-state index contributed by atoms with van der Waals surface area (Å²) in [5, 5.41) is 22.9. The van der Waals surface area contributed by atoms with Gasteiger partial charge in [-0.1, -0.05) is 0 Å². The van der Waals surface area contributed by atoms with Crippen LogP contribution in [0.1, 0.15) is 25.7 Å². The minimum Gasteiger partial charge on any atom is -0.396 e. The van der Waals surface area contributed by atoms with E-state index in [2.05, 4.69) is 10.2 Å². The molecule has 0 aliphatic carbocycles. The van der Waals surface area contributed by atoms with Crippen molar-refractivity contribution in [3.05, 3.63) is 28.3 Å². The van der Waals surface area contributed by atoms with Crippen LogP contribution < -0.4 is 10.2 Å². The number of rotatable bonds is 6. The molecule has 2 rings (SSSR count). The Balaban J connectivity index is 2.17. The lowest BCUT2D eigenvalue weighted by molar-refractivity contribution is -0.383. The summed E-state index contributed by atoms with van der Waals surface area (Å²) in [4.78, 5) is 12.9. The van der Waals surface area contributed by atoms with Crippen LogP contribution in [0.25, 0.3) is 0 Å². The zero-order chi connectivity index (χ0) is 14.4. The van der Waals surface area contributed by atoms with E-state index in [1.165, 1.54) is 19.3 Å². The summed E-state index contributed by atoms with van der Waals surface area (Å²) in [6, 6.07) is 5.23. The number of aliphatic hydroxyl groups excluding tert-OH is 1. The summed E-state index contributed by atoms with van der Waals surface area (Å²) in [6.45, 7) is 2.62. The van der Waals surface area contributed by atoms with Crippen molar-refractivity contribution < 1.29 is 10.0 Å². The number of anilines is 2. The van der Waals surface area contributed by atoms with Crippen LogP contribution in [0.4, 0.5) is 17.1 Å². The number of hydrogen-bond donors (Lipinski definition) is 2. The summed E-state index contributed by atoms with van der Waals surface area (Å²) >= 11 is 0. The fourth-order valence-electron chi connectivity index (χ4n) is 2.48. The highest BCUT2D eigenvalue weighted by Crippen LogP contribution is 2.30. The van der Waals surface area contributed by atoms with Gasteiger partial charge in [0.05, 0.1) is 4.92 Å². The van der Waals surface area contributed by atoms with Crippen LogP contribution in [0.3, 0.4) is 0 Å². The molecule has 0 amide bonds. The fourth-order valence-corrected chi connectivity index (χ4v) is 2.48. The van der Waals surface area contributed by atoms with Crippen molar-refractivity contribution in [1.82, 2.24) is 0 Å². The molecule has 1 aliphatic heterocycles. The Hall–Kier alpha value is -1.82. The van der Waals surface area contributed by atoms with Gasteiger partial charge in [-0.3, -0.25) is 10.1 Å². The second-order valence-corrected chi connectivity index (χ2v) is 5.01. The van der Waals surface area contributed by atoms with Crippen LogP contribution in [-0.4, -0.2) is 36.3 Å². The molecule has 1 aromatic carbocycles. The Bertz CT molecular complexity index is 459. The highest BCUT2D eigenvalue weighted by atomic mass is 16.6. The molecule has 2 N–H and O–H groups in total. The van der Waals surface area contributed by atoms with Crippen molar-refractivity contribution in [2.24, 2.45) is 0 Å². The van der Waals surface area contributed by atoms with Crippen molar-refractivity contribution >= 4 is 17.1 Å². The molecule has 1 fully saturated rings. The topological polar surface area (TPSA) is 78.6 Å².